The molecule has 0 radical (unpaired) electrons. The molecule has 0 saturated carbocycles. The molecule has 2 rings (SSSR count). The van der Waals surface area contributed by atoms with Crippen LogP contribution < -0.4 is 15.6 Å². The van der Waals surface area contributed by atoms with Gasteiger partial charge in [-0.15, -0.1) is 0 Å². The highest BCUT2D eigenvalue weighted by Gasteiger charge is 2.16. The number of hydrogen-bond donors (Lipinski definition) is 3. The number of carbonyl (C=O) groups is 2. The van der Waals surface area contributed by atoms with Crippen molar-refractivity contribution in [2.24, 2.45) is 0 Å². The number of ether oxygens (including phenoxy) is 1. The molecule has 1 aromatic carbocycles. The molecule has 10 heteroatoms. The van der Waals surface area contributed by atoms with Crippen molar-refractivity contribution in [3.63, 3.8) is 0 Å². The predicted octanol–water partition coefficient (Wildman–Crippen LogP) is 0.588. The van der Waals surface area contributed by atoms with Crippen LogP contribution in [0.4, 0.5) is 0 Å². The number of sulfonamides is 1. The van der Waals surface area contributed by atoms with E-state index in [-0.39, 0.29) is 23.6 Å². The molecule has 0 saturated heterocycles. The van der Waals surface area contributed by atoms with Crippen molar-refractivity contribution in [2.75, 3.05) is 20.3 Å². The molecule has 0 aliphatic heterocycles. The first-order valence-corrected chi connectivity index (χ1v) is 9.07. The van der Waals surface area contributed by atoms with Crippen LogP contribution in [0.2, 0.25) is 0 Å². The lowest BCUT2D eigenvalue weighted by atomic mass is 10.2. The largest absolute Gasteiger partial charge is 0.469 e. The van der Waals surface area contributed by atoms with Crippen LogP contribution >= 0.6 is 0 Å². The number of hydrogen-bond acceptors (Lipinski definition) is 6. The Morgan fingerprint density at radius 2 is 1.73 bits per heavy atom. The summed E-state index contributed by atoms with van der Waals surface area (Å²) in [5, 5.41) is 0. The van der Waals surface area contributed by atoms with Gasteiger partial charge in [-0.1, -0.05) is 0 Å². The molecule has 2 amide bonds. The molecule has 26 heavy (non-hydrogen) atoms. The molecule has 0 unspecified atom stereocenters. The Morgan fingerprint density at radius 1 is 1.08 bits per heavy atom. The number of methoxy groups -OCH3 is 1. The molecule has 0 aliphatic rings. The standard InChI is InChI=1S/C16H19N3O6S/c1-11-14(7-9-25-11)16(21)19-18-15(20)12-3-5-13(6-4-12)26(22,23)17-8-10-24-2/h3-7,9,17H,8,10H2,1-2H3,(H,18,20)(H,19,21). The summed E-state index contributed by atoms with van der Waals surface area (Å²) in [5.74, 6) is -0.686. The smallest absolute Gasteiger partial charge is 0.273 e. The van der Waals surface area contributed by atoms with E-state index in [9.17, 15) is 18.0 Å². The Kier molecular flexibility index (Phi) is 6.50. The summed E-state index contributed by atoms with van der Waals surface area (Å²) in [6, 6.07) is 6.76. The van der Waals surface area contributed by atoms with Gasteiger partial charge in [-0.3, -0.25) is 20.4 Å². The van der Waals surface area contributed by atoms with Gasteiger partial charge in [0.1, 0.15) is 5.76 Å². The van der Waals surface area contributed by atoms with Gasteiger partial charge >= 0.3 is 0 Å². The van der Waals surface area contributed by atoms with Gasteiger partial charge in [0.15, 0.2) is 0 Å². The van der Waals surface area contributed by atoms with Crippen molar-refractivity contribution in [1.29, 1.82) is 0 Å². The van der Waals surface area contributed by atoms with Crippen molar-refractivity contribution in [3.8, 4) is 0 Å². The third kappa shape index (κ3) is 4.91. The second-order valence-electron chi connectivity index (χ2n) is 5.21. The summed E-state index contributed by atoms with van der Waals surface area (Å²) in [5.41, 5.74) is 5.00. The number of furan rings is 1. The fourth-order valence-corrected chi connectivity index (χ4v) is 3.03. The SMILES string of the molecule is COCCNS(=O)(=O)c1ccc(C(=O)NNC(=O)c2ccoc2C)cc1. The highest BCUT2D eigenvalue weighted by Crippen LogP contribution is 2.11. The van der Waals surface area contributed by atoms with Crippen molar-refractivity contribution >= 4 is 21.8 Å². The Hall–Kier alpha value is -2.69. The van der Waals surface area contributed by atoms with E-state index in [0.29, 0.717) is 11.3 Å². The van der Waals surface area contributed by atoms with Crippen molar-refractivity contribution in [3.05, 3.63) is 53.5 Å². The van der Waals surface area contributed by atoms with Crippen LogP contribution in [-0.4, -0.2) is 40.5 Å². The molecule has 0 atom stereocenters. The zero-order valence-electron chi connectivity index (χ0n) is 14.2. The number of hydrazine groups is 1. The number of benzene rings is 1. The van der Waals surface area contributed by atoms with E-state index in [1.165, 1.54) is 43.7 Å². The minimum Gasteiger partial charge on any atom is -0.469 e. The lowest BCUT2D eigenvalue weighted by Crippen LogP contribution is -2.41. The number of amides is 2. The Bertz CT molecular complexity index is 874. The molecular weight excluding hydrogens is 362 g/mol. The maximum absolute atomic E-state index is 12.0. The third-order valence-electron chi connectivity index (χ3n) is 3.42. The summed E-state index contributed by atoms with van der Waals surface area (Å²) < 4.78 is 36.2. The van der Waals surface area contributed by atoms with E-state index in [0.717, 1.165) is 0 Å². The third-order valence-corrected chi connectivity index (χ3v) is 4.90. The summed E-state index contributed by atoms with van der Waals surface area (Å²) in [6.45, 7) is 2.01. The molecular formula is C16H19N3O6S. The van der Waals surface area contributed by atoms with Gasteiger partial charge in [-0.2, -0.15) is 0 Å². The number of aryl methyl sites for hydroxylation is 1. The topological polar surface area (TPSA) is 127 Å². The molecule has 0 fully saturated rings. The molecule has 0 bridgehead atoms. The number of nitrogens with one attached hydrogen (secondary N) is 3. The van der Waals surface area contributed by atoms with Gasteiger partial charge in [-0.25, -0.2) is 13.1 Å². The second-order valence-corrected chi connectivity index (χ2v) is 6.98. The van der Waals surface area contributed by atoms with E-state index in [4.69, 9.17) is 9.15 Å². The monoisotopic (exact) mass is 381 g/mol. The lowest BCUT2D eigenvalue weighted by Gasteiger charge is -2.09. The average molecular weight is 381 g/mol. The quantitative estimate of drug-likeness (QED) is 0.476. The van der Waals surface area contributed by atoms with Crippen LogP contribution in [0.25, 0.3) is 0 Å². The van der Waals surface area contributed by atoms with Crippen molar-refractivity contribution in [1.82, 2.24) is 15.6 Å². The number of rotatable bonds is 7. The maximum atomic E-state index is 12.0. The van der Waals surface area contributed by atoms with Crippen molar-refractivity contribution in [2.45, 2.75) is 11.8 Å². The first-order valence-electron chi connectivity index (χ1n) is 7.58. The van der Waals surface area contributed by atoms with Crippen LogP contribution in [0.15, 0.2) is 45.9 Å². The maximum Gasteiger partial charge on any atom is 0.273 e. The summed E-state index contributed by atoms with van der Waals surface area (Å²) in [6.07, 6.45) is 1.37. The molecule has 2 aromatic rings. The van der Waals surface area contributed by atoms with Crippen molar-refractivity contribution < 1.29 is 27.2 Å². The van der Waals surface area contributed by atoms with Gasteiger partial charge < -0.3 is 9.15 Å². The highest BCUT2D eigenvalue weighted by atomic mass is 32.2. The number of carbonyl (C=O) groups excluding carboxylic acids is 2. The zero-order valence-corrected chi connectivity index (χ0v) is 15.1. The molecule has 1 heterocycles. The van der Waals surface area contributed by atoms with Gasteiger partial charge in [0.2, 0.25) is 10.0 Å². The van der Waals surface area contributed by atoms with Gasteiger partial charge in [0.05, 0.1) is 23.3 Å². The molecule has 140 valence electrons. The first kappa shape index (κ1) is 19.6. The van der Waals surface area contributed by atoms with Crippen LogP contribution in [-0.2, 0) is 14.8 Å². The van der Waals surface area contributed by atoms with E-state index in [1.807, 2.05) is 0 Å². The highest BCUT2D eigenvalue weighted by molar-refractivity contribution is 7.89. The summed E-state index contributed by atoms with van der Waals surface area (Å²) in [7, 11) is -2.21. The molecule has 0 spiro atoms. The minimum atomic E-state index is -3.68. The van der Waals surface area contributed by atoms with Crippen LogP contribution in [0, 0.1) is 6.92 Å². The Morgan fingerprint density at radius 3 is 2.31 bits per heavy atom. The zero-order chi connectivity index (χ0) is 19.2. The van der Waals surface area contributed by atoms with Crippen LogP contribution in [0.3, 0.4) is 0 Å². The predicted molar refractivity (Wildman–Crippen MR) is 91.9 cm³/mol. The van der Waals surface area contributed by atoms with Crippen LogP contribution in [0.1, 0.15) is 26.5 Å². The fraction of sp³-hybridized carbons (Fsp3) is 0.250. The minimum absolute atomic E-state index is 0.0169. The Balaban J connectivity index is 1.96. The van der Waals surface area contributed by atoms with E-state index in [1.54, 1.807) is 6.92 Å². The fourth-order valence-electron chi connectivity index (χ4n) is 2.02. The molecule has 9 nitrogen and oxygen atoms in total. The second kappa shape index (κ2) is 8.61. The lowest BCUT2D eigenvalue weighted by molar-refractivity contribution is 0.0845. The van der Waals surface area contributed by atoms with Crippen LogP contribution in [0.5, 0.6) is 0 Å². The summed E-state index contributed by atoms with van der Waals surface area (Å²) in [4.78, 5) is 24.0. The molecule has 1 aromatic heterocycles. The summed E-state index contributed by atoms with van der Waals surface area (Å²) >= 11 is 0. The molecule has 3 N–H and O–H groups in total. The van der Waals surface area contributed by atoms with Gasteiger partial charge in [0.25, 0.3) is 11.8 Å². The Labute approximate surface area is 150 Å². The van der Waals surface area contributed by atoms with E-state index >= 15 is 0 Å². The van der Waals surface area contributed by atoms with E-state index in [2.05, 4.69) is 15.6 Å². The van der Waals surface area contributed by atoms with E-state index < -0.39 is 21.8 Å². The first-order chi connectivity index (χ1) is 12.3. The van der Waals surface area contributed by atoms with Gasteiger partial charge in [0, 0.05) is 19.2 Å². The normalized spacial score (nSPS) is 11.2. The van der Waals surface area contributed by atoms with Gasteiger partial charge in [-0.05, 0) is 37.3 Å². The average Bonchev–Trinajstić information content (AvgIpc) is 3.05. The molecule has 0 aliphatic carbocycles.